The van der Waals surface area contributed by atoms with Crippen LogP contribution in [0.1, 0.15) is 45.4 Å². The second-order valence-electron chi connectivity index (χ2n) is 6.06. The fourth-order valence-corrected chi connectivity index (χ4v) is 3.06. The first-order valence-corrected chi connectivity index (χ1v) is 7.33. The number of hydrogen-bond acceptors (Lipinski definition) is 3. The van der Waals surface area contributed by atoms with Gasteiger partial charge in [-0.2, -0.15) is 0 Å². The predicted octanol–water partition coefficient (Wildman–Crippen LogP) is 1.14. The van der Waals surface area contributed by atoms with Crippen LogP contribution >= 0.6 is 0 Å². The molecule has 2 N–H and O–H groups in total. The Labute approximate surface area is 110 Å². The molecule has 2 aliphatic rings. The summed E-state index contributed by atoms with van der Waals surface area (Å²) in [5.41, 5.74) is 0. The molecule has 1 amide bonds. The Morgan fingerprint density at radius 2 is 2.00 bits per heavy atom. The molecule has 1 saturated heterocycles. The first-order valence-electron chi connectivity index (χ1n) is 7.33. The topological polar surface area (TPSA) is 52.6 Å². The van der Waals surface area contributed by atoms with Gasteiger partial charge in [-0.25, -0.2) is 0 Å². The Hall–Kier alpha value is -0.610. The van der Waals surface area contributed by atoms with E-state index in [1.54, 1.807) is 0 Å². The van der Waals surface area contributed by atoms with Gasteiger partial charge in [0, 0.05) is 12.6 Å². The van der Waals surface area contributed by atoms with Crippen LogP contribution in [-0.2, 0) is 4.79 Å². The number of likely N-dealkylation sites (tertiary alicyclic amines) is 1. The van der Waals surface area contributed by atoms with Crippen molar-refractivity contribution in [3.8, 4) is 0 Å². The lowest BCUT2D eigenvalue weighted by Crippen LogP contribution is -2.47. The first-order chi connectivity index (χ1) is 8.63. The van der Waals surface area contributed by atoms with Crippen molar-refractivity contribution in [2.24, 2.45) is 5.92 Å². The number of hydrogen-bond donors (Lipinski definition) is 2. The highest BCUT2D eigenvalue weighted by atomic mass is 16.3. The largest absolute Gasteiger partial charge is 0.392 e. The van der Waals surface area contributed by atoms with Crippen LogP contribution in [0.4, 0.5) is 0 Å². The third-order valence-electron chi connectivity index (χ3n) is 4.23. The van der Waals surface area contributed by atoms with E-state index in [4.69, 9.17) is 0 Å². The minimum Gasteiger partial charge on any atom is -0.392 e. The molecule has 2 fully saturated rings. The molecule has 0 spiro atoms. The van der Waals surface area contributed by atoms with Crippen LogP contribution in [0.2, 0.25) is 0 Å². The summed E-state index contributed by atoms with van der Waals surface area (Å²) >= 11 is 0. The molecule has 104 valence electrons. The van der Waals surface area contributed by atoms with Crippen molar-refractivity contribution in [2.45, 2.75) is 57.6 Å². The third kappa shape index (κ3) is 4.25. The summed E-state index contributed by atoms with van der Waals surface area (Å²) in [6.07, 6.45) is 6.32. The maximum absolute atomic E-state index is 11.9. The number of aliphatic hydroxyl groups is 1. The number of nitrogens with one attached hydrogen (secondary N) is 1. The average Bonchev–Trinajstić information content (AvgIpc) is 2.32. The summed E-state index contributed by atoms with van der Waals surface area (Å²) in [6, 6.07) is 0.378. The normalized spacial score (nSPS) is 34.2. The van der Waals surface area contributed by atoms with E-state index < -0.39 is 0 Å². The Bertz CT molecular complexity index is 275. The predicted molar refractivity (Wildman–Crippen MR) is 71.2 cm³/mol. The summed E-state index contributed by atoms with van der Waals surface area (Å²) < 4.78 is 0. The first kappa shape index (κ1) is 13.8. The van der Waals surface area contributed by atoms with E-state index >= 15 is 0 Å². The molecule has 0 aromatic carbocycles. The zero-order chi connectivity index (χ0) is 13.0. The quantitative estimate of drug-likeness (QED) is 0.794. The lowest BCUT2D eigenvalue weighted by atomic mass is 9.87. The van der Waals surface area contributed by atoms with Crippen molar-refractivity contribution in [3.05, 3.63) is 0 Å². The van der Waals surface area contributed by atoms with Crippen molar-refractivity contribution in [2.75, 3.05) is 19.6 Å². The molecule has 4 heteroatoms. The summed E-state index contributed by atoms with van der Waals surface area (Å²) in [4.78, 5) is 14.0. The standard InChI is InChI=1S/C14H26N2O2/c1-11-4-6-12(7-5-11)15-14(18)10-16-8-2-3-13(17)9-16/h11-13,17H,2-10H2,1H3,(H,15,18). The summed E-state index contributed by atoms with van der Waals surface area (Å²) in [5, 5.41) is 12.7. The fraction of sp³-hybridized carbons (Fsp3) is 0.929. The van der Waals surface area contributed by atoms with Gasteiger partial charge in [-0.15, -0.1) is 0 Å². The van der Waals surface area contributed by atoms with E-state index in [1.807, 2.05) is 0 Å². The highest BCUT2D eigenvalue weighted by Gasteiger charge is 2.23. The Kier molecular flexibility index (Phi) is 5.01. The van der Waals surface area contributed by atoms with Crippen LogP contribution < -0.4 is 5.32 Å². The average molecular weight is 254 g/mol. The second kappa shape index (κ2) is 6.53. The van der Waals surface area contributed by atoms with Gasteiger partial charge in [0.05, 0.1) is 12.6 Å². The molecule has 0 aromatic rings. The second-order valence-corrected chi connectivity index (χ2v) is 6.06. The molecule has 1 atom stereocenters. The van der Waals surface area contributed by atoms with Gasteiger partial charge >= 0.3 is 0 Å². The molecule has 1 unspecified atom stereocenters. The number of amides is 1. The van der Waals surface area contributed by atoms with E-state index in [0.29, 0.717) is 19.1 Å². The van der Waals surface area contributed by atoms with E-state index in [2.05, 4.69) is 17.1 Å². The highest BCUT2D eigenvalue weighted by molar-refractivity contribution is 5.78. The maximum Gasteiger partial charge on any atom is 0.234 e. The number of β-amino-alcohol motifs (C(OH)–C–C–N with tert-alkyl or cyclic N) is 1. The molecule has 2 rings (SSSR count). The molecule has 0 radical (unpaired) electrons. The van der Waals surface area contributed by atoms with Crippen LogP contribution in [0.5, 0.6) is 0 Å². The number of rotatable bonds is 3. The Morgan fingerprint density at radius 3 is 2.67 bits per heavy atom. The van der Waals surface area contributed by atoms with Crippen LogP contribution in [0.3, 0.4) is 0 Å². The van der Waals surface area contributed by atoms with Gasteiger partial charge in [-0.3, -0.25) is 9.69 Å². The lowest BCUT2D eigenvalue weighted by molar-refractivity contribution is -0.123. The van der Waals surface area contributed by atoms with Gasteiger partial charge in [0.15, 0.2) is 0 Å². The molecule has 1 heterocycles. The smallest absolute Gasteiger partial charge is 0.234 e. The van der Waals surface area contributed by atoms with E-state index in [1.165, 1.54) is 12.8 Å². The zero-order valence-electron chi connectivity index (χ0n) is 11.4. The minimum absolute atomic E-state index is 0.128. The molecule has 1 aliphatic heterocycles. The Morgan fingerprint density at radius 1 is 1.28 bits per heavy atom. The van der Waals surface area contributed by atoms with Gasteiger partial charge < -0.3 is 10.4 Å². The molecule has 18 heavy (non-hydrogen) atoms. The molecular weight excluding hydrogens is 228 g/mol. The number of carbonyl (C=O) groups excluding carboxylic acids is 1. The van der Waals surface area contributed by atoms with Gasteiger partial charge in [0.25, 0.3) is 0 Å². The van der Waals surface area contributed by atoms with E-state index in [-0.39, 0.29) is 12.0 Å². The van der Waals surface area contributed by atoms with Crippen LogP contribution in [0.25, 0.3) is 0 Å². The zero-order valence-corrected chi connectivity index (χ0v) is 11.4. The van der Waals surface area contributed by atoms with Gasteiger partial charge in [-0.1, -0.05) is 6.92 Å². The molecule has 0 bridgehead atoms. The van der Waals surface area contributed by atoms with Gasteiger partial charge in [0.1, 0.15) is 0 Å². The maximum atomic E-state index is 11.9. The van der Waals surface area contributed by atoms with E-state index in [0.717, 1.165) is 38.1 Å². The van der Waals surface area contributed by atoms with Crippen molar-refractivity contribution in [1.82, 2.24) is 10.2 Å². The molecule has 0 aromatic heterocycles. The summed E-state index contributed by atoms with van der Waals surface area (Å²) in [6.45, 7) is 4.32. The minimum atomic E-state index is -0.248. The van der Waals surface area contributed by atoms with Crippen LogP contribution in [0, 0.1) is 5.92 Å². The highest BCUT2D eigenvalue weighted by Crippen LogP contribution is 2.23. The molecule has 4 nitrogen and oxygen atoms in total. The monoisotopic (exact) mass is 254 g/mol. The Balaban J connectivity index is 1.68. The molecule has 1 saturated carbocycles. The number of carbonyl (C=O) groups is 1. The van der Waals surface area contributed by atoms with Crippen molar-refractivity contribution < 1.29 is 9.90 Å². The summed E-state index contributed by atoms with van der Waals surface area (Å²) in [5.74, 6) is 0.944. The number of nitrogens with zero attached hydrogens (tertiary/aromatic N) is 1. The van der Waals surface area contributed by atoms with Crippen molar-refractivity contribution >= 4 is 5.91 Å². The van der Waals surface area contributed by atoms with Crippen LogP contribution in [-0.4, -0.2) is 47.7 Å². The SMILES string of the molecule is CC1CCC(NC(=O)CN2CCCC(O)C2)CC1. The van der Waals surface area contributed by atoms with E-state index in [9.17, 15) is 9.90 Å². The third-order valence-corrected chi connectivity index (χ3v) is 4.23. The molecular formula is C14H26N2O2. The van der Waals surface area contributed by atoms with Crippen LogP contribution in [0.15, 0.2) is 0 Å². The fourth-order valence-electron chi connectivity index (χ4n) is 3.06. The summed E-state index contributed by atoms with van der Waals surface area (Å²) in [7, 11) is 0. The number of piperidine rings is 1. The van der Waals surface area contributed by atoms with Crippen molar-refractivity contribution in [1.29, 1.82) is 0 Å². The number of aliphatic hydroxyl groups excluding tert-OH is 1. The lowest BCUT2D eigenvalue weighted by Gasteiger charge is -2.31. The molecule has 1 aliphatic carbocycles. The van der Waals surface area contributed by atoms with Gasteiger partial charge in [0.2, 0.25) is 5.91 Å². The van der Waals surface area contributed by atoms with Crippen molar-refractivity contribution in [3.63, 3.8) is 0 Å². The van der Waals surface area contributed by atoms with Gasteiger partial charge in [-0.05, 0) is 51.0 Å².